The van der Waals surface area contributed by atoms with E-state index in [1.807, 2.05) is 4.90 Å². The summed E-state index contributed by atoms with van der Waals surface area (Å²) in [5.74, 6) is 0.636. The molecule has 2 aromatic rings. The first kappa shape index (κ1) is 17.3. The molecule has 1 fully saturated rings. The Kier molecular flexibility index (Phi) is 5.23. The molecule has 0 aliphatic carbocycles. The molecule has 0 radical (unpaired) electrons. The monoisotopic (exact) mass is 362 g/mol. The van der Waals surface area contributed by atoms with Gasteiger partial charge in [-0.25, -0.2) is 4.98 Å². The number of anilines is 1. The van der Waals surface area contributed by atoms with Crippen molar-refractivity contribution in [3.8, 4) is 5.75 Å². The zero-order valence-corrected chi connectivity index (χ0v) is 14.6. The van der Waals surface area contributed by atoms with Crippen molar-refractivity contribution in [2.24, 2.45) is 0 Å². The summed E-state index contributed by atoms with van der Waals surface area (Å²) in [4.78, 5) is 33.5. The molecule has 0 spiro atoms. The second-order valence-electron chi connectivity index (χ2n) is 5.78. The number of H-pyrrole nitrogens is 1. The highest BCUT2D eigenvalue weighted by molar-refractivity contribution is 6.31. The van der Waals surface area contributed by atoms with Gasteiger partial charge in [0.25, 0.3) is 11.5 Å². The molecular weight excluding hydrogens is 344 g/mol. The molecule has 0 saturated carbocycles. The van der Waals surface area contributed by atoms with Crippen LogP contribution in [0, 0.1) is 0 Å². The van der Waals surface area contributed by atoms with Gasteiger partial charge >= 0.3 is 0 Å². The van der Waals surface area contributed by atoms with Crippen molar-refractivity contribution >= 4 is 23.5 Å². The summed E-state index contributed by atoms with van der Waals surface area (Å²) in [7, 11) is 1.49. The quantitative estimate of drug-likeness (QED) is 0.849. The lowest BCUT2D eigenvalue weighted by atomic mass is 10.2. The minimum Gasteiger partial charge on any atom is -0.496 e. The van der Waals surface area contributed by atoms with Crippen molar-refractivity contribution < 1.29 is 9.53 Å². The number of aromatic nitrogens is 2. The van der Waals surface area contributed by atoms with E-state index in [4.69, 9.17) is 16.3 Å². The van der Waals surface area contributed by atoms with E-state index in [9.17, 15) is 9.59 Å². The first-order valence-electron chi connectivity index (χ1n) is 8.04. The molecule has 1 aromatic heterocycles. The molecule has 1 aliphatic heterocycles. The molecule has 3 rings (SSSR count). The van der Waals surface area contributed by atoms with E-state index in [0.29, 0.717) is 28.0 Å². The number of benzene rings is 1. The fourth-order valence-corrected chi connectivity index (χ4v) is 2.96. The Morgan fingerprint density at radius 3 is 2.84 bits per heavy atom. The number of hydrogen-bond acceptors (Lipinski definition) is 5. The number of hydrogen-bond donors (Lipinski definition) is 2. The Hall–Kier alpha value is -2.54. The van der Waals surface area contributed by atoms with E-state index in [1.165, 1.54) is 19.2 Å². The number of carbonyl (C=O) groups excluding carboxylic acids is 1. The summed E-state index contributed by atoms with van der Waals surface area (Å²) in [5.41, 5.74) is 0.598. The van der Waals surface area contributed by atoms with Crippen LogP contribution in [0.1, 0.15) is 28.9 Å². The zero-order valence-electron chi connectivity index (χ0n) is 13.8. The van der Waals surface area contributed by atoms with Gasteiger partial charge in [-0.2, -0.15) is 0 Å². The predicted octanol–water partition coefficient (Wildman–Crippen LogP) is 1.96. The summed E-state index contributed by atoms with van der Waals surface area (Å²) in [5, 5.41) is 3.19. The largest absolute Gasteiger partial charge is 0.496 e. The summed E-state index contributed by atoms with van der Waals surface area (Å²) < 4.78 is 5.18. The molecule has 0 unspecified atom stereocenters. The Labute approximate surface area is 150 Å². The lowest BCUT2D eigenvalue weighted by molar-refractivity contribution is 0.0947. The fraction of sp³-hybridized carbons (Fsp3) is 0.353. The zero-order chi connectivity index (χ0) is 17.8. The van der Waals surface area contributed by atoms with E-state index < -0.39 is 0 Å². The maximum absolute atomic E-state index is 12.4. The highest BCUT2D eigenvalue weighted by Crippen LogP contribution is 2.22. The van der Waals surface area contributed by atoms with Gasteiger partial charge in [0, 0.05) is 24.2 Å². The predicted molar refractivity (Wildman–Crippen MR) is 95.5 cm³/mol. The smallest absolute Gasteiger partial charge is 0.255 e. The van der Waals surface area contributed by atoms with Crippen LogP contribution in [0.15, 0.2) is 29.1 Å². The molecule has 0 bridgehead atoms. The van der Waals surface area contributed by atoms with Gasteiger partial charge in [-0.1, -0.05) is 11.6 Å². The van der Waals surface area contributed by atoms with E-state index >= 15 is 0 Å². The standard InChI is InChI=1S/C17H19ClN4O3/c1-25-14-5-4-11(18)8-13(14)16(24)19-10-12-9-15(23)21-17(20-12)22-6-2-3-7-22/h4-5,8-9H,2-3,6-7,10H2,1H3,(H,19,24)(H,20,21,23). The van der Waals surface area contributed by atoms with Gasteiger partial charge in [-0.15, -0.1) is 0 Å². The number of ether oxygens (including phenoxy) is 1. The van der Waals surface area contributed by atoms with Crippen molar-refractivity contribution in [1.29, 1.82) is 0 Å². The van der Waals surface area contributed by atoms with Gasteiger partial charge in [0.1, 0.15) is 5.75 Å². The molecule has 1 aliphatic rings. The number of rotatable bonds is 5. The summed E-state index contributed by atoms with van der Waals surface area (Å²) in [6, 6.07) is 6.21. The maximum Gasteiger partial charge on any atom is 0.255 e. The van der Waals surface area contributed by atoms with Crippen molar-refractivity contribution in [3.63, 3.8) is 0 Å². The van der Waals surface area contributed by atoms with Crippen LogP contribution in [0.5, 0.6) is 5.75 Å². The SMILES string of the molecule is COc1ccc(Cl)cc1C(=O)NCc1cc(=O)[nH]c(N2CCCC2)n1. The Bertz CT molecular complexity index is 831. The summed E-state index contributed by atoms with van der Waals surface area (Å²) in [6.45, 7) is 1.89. The van der Waals surface area contributed by atoms with Crippen molar-refractivity contribution in [2.45, 2.75) is 19.4 Å². The highest BCUT2D eigenvalue weighted by Gasteiger charge is 2.16. The number of methoxy groups -OCH3 is 1. The van der Waals surface area contributed by atoms with Crippen LogP contribution in [0.3, 0.4) is 0 Å². The van der Waals surface area contributed by atoms with Crippen LogP contribution in [-0.2, 0) is 6.54 Å². The number of nitrogens with zero attached hydrogens (tertiary/aromatic N) is 2. The highest BCUT2D eigenvalue weighted by atomic mass is 35.5. The number of halogens is 1. The molecule has 2 heterocycles. The van der Waals surface area contributed by atoms with Crippen molar-refractivity contribution in [1.82, 2.24) is 15.3 Å². The Morgan fingerprint density at radius 1 is 1.36 bits per heavy atom. The van der Waals surface area contributed by atoms with Crippen LogP contribution >= 0.6 is 11.6 Å². The van der Waals surface area contributed by atoms with Gasteiger partial charge in [0.2, 0.25) is 5.95 Å². The maximum atomic E-state index is 12.4. The average Bonchev–Trinajstić information content (AvgIpc) is 3.14. The first-order valence-corrected chi connectivity index (χ1v) is 8.41. The second kappa shape index (κ2) is 7.57. The number of nitrogens with one attached hydrogen (secondary N) is 2. The van der Waals surface area contributed by atoms with E-state index in [-0.39, 0.29) is 18.0 Å². The Morgan fingerprint density at radius 2 is 2.12 bits per heavy atom. The minimum atomic E-state index is -0.343. The van der Waals surface area contributed by atoms with E-state index in [1.54, 1.807) is 12.1 Å². The van der Waals surface area contributed by atoms with Gasteiger partial charge < -0.3 is 15.0 Å². The molecule has 8 heteroatoms. The third-order valence-electron chi connectivity index (χ3n) is 4.02. The lowest BCUT2D eigenvalue weighted by Crippen LogP contribution is -2.28. The first-order chi connectivity index (χ1) is 12.1. The summed E-state index contributed by atoms with van der Waals surface area (Å²) >= 11 is 5.95. The fourth-order valence-electron chi connectivity index (χ4n) is 2.79. The van der Waals surface area contributed by atoms with Crippen molar-refractivity contribution in [2.75, 3.05) is 25.1 Å². The van der Waals surface area contributed by atoms with Crippen LogP contribution in [0.2, 0.25) is 5.02 Å². The van der Waals surface area contributed by atoms with Crippen LogP contribution in [0.4, 0.5) is 5.95 Å². The Balaban J connectivity index is 1.74. The van der Waals surface area contributed by atoms with E-state index in [0.717, 1.165) is 25.9 Å². The molecule has 1 amide bonds. The lowest BCUT2D eigenvalue weighted by Gasteiger charge is -2.16. The third kappa shape index (κ3) is 4.11. The average molecular weight is 363 g/mol. The number of aromatic amines is 1. The van der Waals surface area contributed by atoms with Crippen LogP contribution in [-0.4, -0.2) is 36.1 Å². The topological polar surface area (TPSA) is 87.3 Å². The molecular formula is C17H19ClN4O3. The van der Waals surface area contributed by atoms with Crippen LogP contribution in [0.25, 0.3) is 0 Å². The van der Waals surface area contributed by atoms with Crippen molar-refractivity contribution in [3.05, 3.63) is 50.9 Å². The normalized spacial score (nSPS) is 13.8. The van der Waals surface area contributed by atoms with Gasteiger partial charge in [-0.05, 0) is 31.0 Å². The molecule has 0 atom stereocenters. The number of amides is 1. The summed E-state index contributed by atoms with van der Waals surface area (Å²) in [6.07, 6.45) is 2.17. The van der Waals surface area contributed by atoms with Crippen LogP contribution < -0.4 is 20.5 Å². The molecule has 7 nitrogen and oxygen atoms in total. The van der Waals surface area contributed by atoms with E-state index in [2.05, 4.69) is 15.3 Å². The molecule has 25 heavy (non-hydrogen) atoms. The third-order valence-corrected chi connectivity index (χ3v) is 4.26. The van der Waals surface area contributed by atoms with Gasteiger partial charge in [0.05, 0.1) is 24.9 Å². The van der Waals surface area contributed by atoms with Gasteiger partial charge in [-0.3, -0.25) is 14.6 Å². The molecule has 132 valence electrons. The second-order valence-corrected chi connectivity index (χ2v) is 6.22. The minimum absolute atomic E-state index is 0.138. The molecule has 2 N–H and O–H groups in total. The molecule has 1 saturated heterocycles. The number of carbonyl (C=O) groups is 1. The molecule has 1 aromatic carbocycles. The van der Waals surface area contributed by atoms with Gasteiger partial charge in [0.15, 0.2) is 0 Å².